The zero-order chi connectivity index (χ0) is 17.3. The van der Waals surface area contributed by atoms with Crippen LogP contribution in [0.25, 0.3) is 5.65 Å². The first kappa shape index (κ1) is 16.1. The van der Waals surface area contributed by atoms with Crippen LogP contribution in [-0.4, -0.2) is 26.3 Å². The molecule has 0 unspecified atom stereocenters. The van der Waals surface area contributed by atoms with Gasteiger partial charge in [0.1, 0.15) is 17.2 Å². The Balaban J connectivity index is 1.83. The van der Waals surface area contributed by atoms with Gasteiger partial charge in [-0.1, -0.05) is 17.7 Å². The zero-order valence-electron chi connectivity index (χ0n) is 12.6. The molecule has 1 amide bonds. The number of carbonyl (C=O) groups excluding carboxylic acids is 2. The number of ketones is 1. The fourth-order valence-corrected chi connectivity index (χ4v) is 2.41. The molecule has 3 rings (SSSR count). The molecule has 24 heavy (non-hydrogen) atoms. The van der Waals surface area contributed by atoms with Gasteiger partial charge in [0.25, 0.3) is 5.91 Å². The lowest BCUT2D eigenvalue weighted by molar-refractivity contribution is 0.0946. The van der Waals surface area contributed by atoms with Gasteiger partial charge in [-0.05, 0) is 23.8 Å². The molecule has 2 heterocycles. The van der Waals surface area contributed by atoms with Crippen molar-refractivity contribution in [2.75, 3.05) is 0 Å². The standard InChI is InChI=1S/C16H12ClFN4O2/c1-9(23)14-7-13(21-15-4-5-20-22(14)15)16(24)19-8-10-2-3-12(18)11(17)6-10/h2-7H,8H2,1H3,(H,19,24). The second-order valence-electron chi connectivity index (χ2n) is 5.12. The maximum atomic E-state index is 13.1. The molecule has 0 aliphatic rings. The van der Waals surface area contributed by atoms with Gasteiger partial charge in [-0.2, -0.15) is 5.10 Å². The molecule has 0 atom stereocenters. The van der Waals surface area contributed by atoms with Gasteiger partial charge in [-0.15, -0.1) is 0 Å². The average Bonchev–Trinajstić information content (AvgIpc) is 3.03. The van der Waals surface area contributed by atoms with Crippen LogP contribution in [0.2, 0.25) is 5.02 Å². The Labute approximate surface area is 141 Å². The Morgan fingerprint density at radius 1 is 1.29 bits per heavy atom. The number of hydrogen-bond acceptors (Lipinski definition) is 4. The van der Waals surface area contributed by atoms with Crippen LogP contribution in [-0.2, 0) is 6.54 Å². The van der Waals surface area contributed by atoms with Crippen molar-refractivity contribution in [3.63, 3.8) is 0 Å². The van der Waals surface area contributed by atoms with E-state index in [4.69, 9.17) is 11.6 Å². The van der Waals surface area contributed by atoms with Gasteiger partial charge < -0.3 is 5.32 Å². The van der Waals surface area contributed by atoms with Gasteiger partial charge in [0.05, 0.1) is 11.2 Å². The molecule has 0 aliphatic heterocycles. The van der Waals surface area contributed by atoms with Gasteiger partial charge in [0, 0.05) is 19.5 Å². The van der Waals surface area contributed by atoms with Crippen LogP contribution in [0.3, 0.4) is 0 Å². The number of hydrogen-bond donors (Lipinski definition) is 1. The molecule has 0 saturated carbocycles. The average molecular weight is 347 g/mol. The van der Waals surface area contributed by atoms with E-state index in [1.54, 1.807) is 6.07 Å². The van der Waals surface area contributed by atoms with Crippen molar-refractivity contribution in [1.82, 2.24) is 19.9 Å². The summed E-state index contributed by atoms with van der Waals surface area (Å²) >= 11 is 5.71. The second-order valence-corrected chi connectivity index (χ2v) is 5.52. The smallest absolute Gasteiger partial charge is 0.270 e. The number of fused-ring (bicyclic) bond motifs is 1. The van der Waals surface area contributed by atoms with Crippen LogP contribution >= 0.6 is 11.6 Å². The molecule has 0 fully saturated rings. The van der Waals surface area contributed by atoms with E-state index in [1.165, 1.54) is 41.9 Å². The molecule has 2 aromatic heterocycles. The summed E-state index contributed by atoms with van der Waals surface area (Å²) in [6.07, 6.45) is 1.50. The molecular weight excluding hydrogens is 335 g/mol. The maximum Gasteiger partial charge on any atom is 0.270 e. The van der Waals surface area contributed by atoms with Crippen molar-refractivity contribution in [3.8, 4) is 0 Å². The van der Waals surface area contributed by atoms with E-state index in [2.05, 4.69) is 15.4 Å². The predicted molar refractivity (Wildman–Crippen MR) is 85.6 cm³/mol. The Bertz CT molecular complexity index is 954. The van der Waals surface area contributed by atoms with E-state index in [1.807, 2.05) is 0 Å². The molecule has 122 valence electrons. The van der Waals surface area contributed by atoms with Gasteiger partial charge in [-0.25, -0.2) is 13.9 Å². The maximum absolute atomic E-state index is 13.1. The minimum Gasteiger partial charge on any atom is -0.347 e. The highest BCUT2D eigenvalue weighted by Gasteiger charge is 2.15. The number of rotatable bonds is 4. The molecule has 0 bridgehead atoms. The minimum absolute atomic E-state index is 0.0144. The van der Waals surface area contributed by atoms with E-state index in [0.29, 0.717) is 11.2 Å². The normalized spacial score (nSPS) is 10.8. The molecule has 1 N–H and O–H groups in total. The Morgan fingerprint density at radius 2 is 2.08 bits per heavy atom. The predicted octanol–water partition coefficient (Wildman–Crippen LogP) is 2.65. The summed E-state index contributed by atoms with van der Waals surface area (Å²) in [6, 6.07) is 7.17. The number of nitrogens with zero attached hydrogens (tertiary/aromatic N) is 3. The van der Waals surface area contributed by atoms with Crippen LogP contribution in [0.4, 0.5) is 4.39 Å². The number of halogens is 2. The van der Waals surface area contributed by atoms with E-state index < -0.39 is 11.7 Å². The van der Waals surface area contributed by atoms with Gasteiger partial charge >= 0.3 is 0 Å². The molecule has 8 heteroatoms. The highest BCUT2D eigenvalue weighted by molar-refractivity contribution is 6.30. The van der Waals surface area contributed by atoms with Crippen molar-refractivity contribution in [1.29, 1.82) is 0 Å². The minimum atomic E-state index is -0.523. The lowest BCUT2D eigenvalue weighted by Gasteiger charge is -2.08. The molecule has 6 nitrogen and oxygen atoms in total. The Hall–Kier alpha value is -2.80. The summed E-state index contributed by atoms with van der Waals surface area (Å²) in [4.78, 5) is 28.2. The first-order valence-corrected chi connectivity index (χ1v) is 7.41. The van der Waals surface area contributed by atoms with E-state index >= 15 is 0 Å². The van der Waals surface area contributed by atoms with Crippen LogP contribution in [0, 0.1) is 5.82 Å². The first-order valence-electron chi connectivity index (χ1n) is 7.03. The number of nitrogens with one attached hydrogen (secondary N) is 1. The Morgan fingerprint density at radius 3 is 2.79 bits per heavy atom. The molecule has 0 saturated heterocycles. The fraction of sp³-hybridized carbons (Fsp3) is 0.125. The molecular formula is C16H12ClFN4O2. The zero-order valence-corrected chi connectivity index (χ0v) is 13.3. The molecule has 3 aromatic rings. The van der Waals surface area contributed by atoms with E-state index in [-0.39, 0.29) is 28.7 Å². The SMILES string of the molecule is CC(=O)c1cc(C(=O)NCc2ccc(F)c(Cl)c2)nc2ccnn12. The van der Waals surface area contributed by atoms with Crippen LogP contribution < -0.4 is 5.32 Å². The number of Topliss-reactive ketones (excluding diaryl/α,β-unsaturated/α-hetero) is 1. The van der Waals surface area contributed by atoms with Crippen molar-refractivity contribution in [2.24, 2.45) is 0 Å². The third-order valence-electron chi connectivity index (χ3n) is 3.39. The van der Waals surface area contributed by atoms with Crippen LogP contribution in [0.15, 0.2) is 36.5 Å². The number of benzene rings is 1. The fourth-order valence-electron chi connectivity index (χ4n) is 2.20. The van der Waals surface area contributed by atoms with Gasteiger partial charge in [0.15, 0.2) is 11.4 Å². The molecule has 0 aliphatic carbocycles. The summed E-state index contributed by atoms with van der Waals surface area (Å²) in [5.41, 5.74) is 1.41. The lowest BCUT2D eigenvalue weighted by atomic mass is 10.2. The molecule has 0 spiro atoms. The number of amides is 1. The van der Waals surface area contributed by atoms with Crippen LogP contribution in [0.1, 0.15) is 33.5 Å². The third-order valence-corrected chi connectivity index (χ3v) is 3.68. The summed E-state index contributed by atoms with van der Waals surface area (Å²) in [5.74, 6) is -1.21. The largest absolute Gasteiger partial charge is 0.347 e. The highest BCUT2D eigenvalue weighted by Crippen LogP contribution is 2.16. The molecule has 0 radical (unpaired) electrons. The number of carbonyl (C=O) groups is 2. The van der Waals surface area contributed by atoms with Crippen molar-refractivity contribution in [2.45, 2.75) is 13.5 Å². The quantitative estimate of drug-likeness (QED) is 0.737. The van der Waals surface area contributed by atoms with Gasteiger partial charge in [-0.3, -0.25) is 9.59 Å². The van der Waals surface area contributed by atoms with E-state index in [9.17, 15) is 14.0 Å². The monoisotopic (exact) mass is 346 g/mol. The Kier molecular flexibility index (Phi) is 4.26. The highest BCUT2D eigenvalue weighted by atomic mass is 35.5. The first-order chi connectivity index (χ1) is 11.5. The topological polar surface area (TPSA) is 76.4 Å². The van der Waals surface area contributed by atoms with Crippen molar-refractivity contribution >= 4 is 28.9 Å². The van der Waals surface area contributed by atoms with Crippen LogP contribution in [0.5, 0.6) is 0 Å². The van der Waals surface area contributed by atoms with Crippen molar-refractivity contribution in [3.05, 3.63) is 64.3 Å². The summed E-state index contributed by atoms with van der Waals surface area (Å²) in [5, 5.41) is 6.65. The van der Waals surface area contributed by atoms with Gasteiger partial charge in [0.2, 0.25) is 0 Å². The van der Waals surface area contributed by atoms with E-state index in [0.717, 1.165) is 0 Å². The summed E-state index contributed by atoms with van der Waals surface area (Å²) in [6.45, 7) is 1.54. The molecule has 1 aromatic carbocycles. The number of aromatic nitrogens is 3. The second kappa shape index (κ2) is 6.37. The lowest BCUT2D eigenvalue weighted by Crippen LogP contribution is -2.25. The summed E-state index contributed by atoms with van der Waals surface area (Å²) in [7, 11) is 0. The van der Waals surface area contributed by atoms with Crippen molar-refractivity contribution < 1.29 is 14.0 Å². The third kappa shape index (κ3) is 3.11. The summed E-state index contributed by atoms with van der Waals surface area (Å²) < 4.78 is 14.5.